The van der Waals surface area contributed by atoms with Crippen LogP contribution in [0.15, 0.2) is 0 Å². The maximum absolute atomic E-state index is 11.5. The molecule has 0 N–H and O–H groups in total. The number of carbonyl (C=O) groups is 1. The molecule has 17 heavy (non-hydrogen) atoms. The van der Waals surface area contributed by atoms with Crippen LogP contribution < -0.4 is 4.52 Å². The standard InChI is InChI=1S/C8H12NO5PS2/c1-5-6(8(10)11-2)7(9-17-5)14-15(16,12-3)13-4/h1-4H3. The Morgan fingerprint density at radius 2 is 1.94 bits per heavy atom. The zero-order valence-electron chi connectivity index (χ0n) is 9.75. The van der Waals surface area contributed by atoms with E-state index in [1.807, 2.05) is 0 Å². The van der Waals surface area contributed by atoms with Crippen molar-refractivity contribution in [3.8, 4) is 5.88 Å². The van der Waals surface area contributed by atoms with Crippen molar-refractivity contribution in [1.29, 1.82) is 0 Å². The number of hydrogen-bond donors (Lipinski definition) is 0. The van der Waals surface area contributed by atoms with E-state index >= 15 is 0 Å². The first-order chi connectivity index (χ1) is 7.97. The molecule has 0 spiro atoms. The zero-order chi connectivity index (χ0) is 13.1. The van der Waals surface area contributed by atoms with E-state index in [1.165, 1.54) is 21.3 Å². The first kappa shape index (κ1) is 14.5. The highest BCUT2D eigenvalue weighted by atomic mass is 32.5. The molecule has 0 saturated carbocycles. The van der Waals surface area contributed by atoms with Gasteiger partial charge in [0.1, 0.15) is 5.56 Å². The van der Waals surface area contributed by atoms with Crippen LogP contribution in [0.3, 0.4) is 0 Å². The second-order valence-electron chi connectivity index (χ2n) is 2.81. The van der Waals surface area contributed by atoms with E-state index in [9.17, 15) is 4.79 Å². The van der Waals surface area contributed by atoms with Gasteiger partial charge in [0.15, 0.2) is 0 Å². The van der Waals surface area contributed by atoms with Gasteiger partial charge in [-0.2, -0.15) is 4.37 Å². The molecule has 0 unspecified atom stereocenters. The van der Waals surface area contributed by atoms with Crippen LogP contribution in [0, 0.1) is 6.92 Å². The Bertz CT molecular complexity index is 453. The minimum atomic E-state index is -2.90. The van der Waals surface area contributed by atoms with Crippen molar-refractivity contribution in [3.05, 3.63) is 10.4 Å². The van der Waals surface area contributed by atoms with Gasteiger partial charge in [0.25, 0.3) is 0 Å². The van der Waals surface area contributed by atoms with Crippen molar-refractivity contribution >= 4 is 36.0 Å². The second kappa shape index (κ2) is 5.88. The molecule has 1 heterocycles. The number of esters is 1. The van der Waals surface area contributed by atoms with Crippen LogP contribution in [0.1, 0.15) is 15.2 Å². The third-order valence-electron chi connectivity index (χ3n) is 1.87. The lowest BCUT2D eigenvalue weighted by molar-refractivity contribution is 0.0598. The summed E-state index contributed by atoms with van der Waals surface area (Å²) in [5.41, 5.74) is 0.251. The number of hydrogen-bond acceptors (Lipinski definition) is 8. The summed E-state index contributed by atoms with van der Waals surface area (Å²) in [6.45, 7) is -1.16. The molecule has 0 fully saturated rings. The van der Waals surface area contributed by atoms with Gasteiger partial charge in [0, 0.05) is 30.9 Å². The number of nitrogens with zero attached hydrogens (tertiary/aromatic N) is 1. The molecule has 0 saturated heterocycles. The number of aromatic nitrogens is 1. The van der Waals surface area contributed by atoms with E-state index in [-0.39, 0.29) is 11.4 Å². The van der Waals surface area contributed by atoms with Gasteiger partial charge in [0.05, 0.1) is 7.11 Å². The Balaban J connectivity index is 3.08. The SMILES string of the molecule is COC(=O)c1c(OP(=S)(OC)OC)nsc1C. The maximum atomic E-state index is 11.5. The fraction of sp³-hybridized carbons (Fsp3) is 0.500. The average Bonchev–Trinajstić information content (AvgIpc) is 2.69. The summed E-state index contributed by atoms with van der Waals surface area (Å²) in [4.78, 5) is 12.2. The van der Waals surface area contributed by atoms with E-state index in [4.69, 9.17) is 25.4 Å². The minimum absolute atomic E-state index is 0.0892. The van der Waals surface area contributed by atoms with E-state index in [1.54, 1.807) is 6.92 Å². The predicted octanol–water partition coefficient (Wildman–Crippen LogP) is 2.13. The molecule has 96 valence electrons. The number of aryl methyl sites for hydroxylation is 1. The third-order valence-corrected chi connectivity index (χ3v) is 5.01. The molecule has 0 atom stereocenters. The summed E-state index contributed by atoms with van der Waals surface area (Å²) < 4.78 is 23.9. The molecule has 9 heteroatoms. The van der Waals surface area contributed by atoms with Gasteiger partial charge in [-0.05, 0) is 18.5 Å². The summed E-state index contributed by atoms with van der Waals surface area (Å²) in [6.07, 6.45) is 0. The monoisotopic (exact) mass is 297 g/mol. The molecule has 0 aliphatic heterocycles. The summed E-state index contributed by atoms with van der Waals surface area (Å²) in [7, 11) is 4.04. The third kappa shape index (κ3) is 3.23. The normalized spacial score (nSPS) is 11.3. The topological polar surface area (TPSA) is 66.9 Å². The highest BCUT2D eigenvalue weighted by molar-refractivity contribution is 8.07. The quantitative estimate of drug-likeness (QED) is 0.609. The lowest BCUT2D eigenvalue weighted by atomic mass is 10.3. The molecule has 0 amide bonds. The lowest BCUT2D eigenvalue weighted by Gasteiger charge is -2.16. The van der Waals surface area contributed by atoms with Crippen LogP contribution in [-0.2, 0) is 25.6 Å². The second-order valence-corrected chi connectivity index (χ2v) is 6.94. The summed E-state index contributed by atoms with van der Waals surface area (Å²) in [6, 6.07) is 0. The fourth-order valence-corrected chi connectivity index (χ4v) is 2.52. The van der Waals surface area contributed by atoms with Crippen LogP contribution in [0.2, 0.25) is 0 Å². The van der Waals surface area contributed by atoms with E-state index < -0.39 is 12.7 Å². The van der Waals surface area contributed by atoms with Gasteiger partial charge < -0.3 is 18.3 Å². The van der Waals surface area contributed by atoms with Gasteiger partial charge in [-0.25, -0.2) is 4.79 Å². The van der Waals surface area contributed by atoms with Crippen molar-refractivity contribution in [2.24, 2.45) is 0 Å². The smallest absolute Gasteiger partial charge is 0.381 e. The first-order valence-corrected chi connectivity index (χ1v) is 7.76. The van der Waals surface area contributed by atoms with Gasteiger partial charge in [0.2, 0.25) is 5.88 Å². The predicted molar refractivity (Wildman–Crippen MR) is 67.1 cm³/mol. The van der Waals surface area contributed by atoms with Gasteiger partial charge in [-0.3, -0.25) is 0 Å². The molecule has 1 rings (SSSR count). The van der Waals surface area contributed by atoms with Crippen molar-refractivity contribution in [2.75, 3.05) is 21.3 Å². The van der Waals surface area contributed by atoms with Crippen LogP contribution >= 0.6 is 18.3 Å². The van der Waals surface area contributed by atoms with Crippen molar-refractivity contribution in [3.63, 3.8) is 0 Å². The number of methoxy groups -OCH3 is 1. The molecule has 0 aliphatic rings. The molecule has 0 aromatic carbocycles. The number of carbonyl (C=O) groups excluding carboxylic acids is 1. The molecule has 6 nitrogen and oxygen atoms in total. The molecule has 1 aromatic heterocycles. The average molecular weight is 297 g/mol. The van der Waals surface area contributed by atoms with E-state index in [2.05, 4.69) is 9.11 Å². The molecular weight excluding hydrogens is 285 g/mol. The lowest BCUT2D eigenvalue weighted by Crippen LogP contribution is -2.05. The van der Waals surface area contributed by atoms with E-state index in [0.717, 1.165) is 11.5 Å². The van der Waals surface area contributed by atoms with Gasteiger partial charge in [-0.15, -0.1) is 0 Å². The van der Waals surface area contributed by atoms with Crippen LogP contribution in [0.4, 0.5) is 0 Å². The summed E-state index contributed by atoms with van der Waals surface area (Å²) >= 11 is 6.16. The molecule has 0 radical (unpaired) electrons. The summed E-state index contributed by atoms with van der Waals surface area (Å²) in [5, 5.41) is 0. The zero-order valence-corrected chi connectivity index (χ0v) is 12.3. The molecule has 1 aromatic rings. The van der Waals surface area contributed by atoms with Crippen molar-refractivity contribution < 1.29 is 23.1 Å². The Kier molecular flexibility index (Phi) is 5.03. The Morgan fingerprint density at radius 3 is 2.41 bits per heavy atom. The minimum Gasteiger partial charge on any atom is -0.465 e. The van der Waals surface area contributed by atoms with Crippen molar-refractivity contribution in [1.82, 2.24) is 4.37 Å². The maximum Gasteiger partial charge on any atom is 0.381 e. The van der Waals surface area contributed by atoms with Gasteiger partial charge in [-0.1, -0.05) is 0 Å². The van der Waals surface area contributed by atoms with Crippen LogP contribution in [0.25, 0.3) is 0 Å². The highest BCUT2D eigenvalue weighted by Gasteiger charge is 2.27. The van der Waals surface area contributed by atoms with Gasteiger partial charge >= 0.3 is 12.7 Å². The van der Waals surface area contributed by atoms with Crippen LogP contribution in [-0.4, -0.2) is 31.7 Å². The molecule has 0 aliphatic carbocycles. The Morgan fingerprint density at radius 1 is 1.35 bits per heavy atom. The van der Waals surface area contributed by atoms with Crippen LogP contribution in [0.5, 0.6) is 5.88 Å². The number of rotatable bonds is 5. The Hall–Kier alpha value is -0.530. The Labute approximate surface area is 108 Å². The van der Waals surface area contributed by atoms with Crippen molar-refractivity contribution in [2.45, 2.75) is 6.92 Å². The summed E-state index contributed by atoms with van der Waals surface area (Å²) in [5.74, 6) is -0.439. The first-order valence-electron chi connectivity index (χ1n) is 4.43. The largest absolute Gasteiger partial charge is 0.465 e. The molecule has 0 bridgehead atoms. The number of ether oxygens (including phenoxy) is 1. The molecular formula is C8H12NO5PS2. The fourth-order valence-electron chi connectivity index (χ4n) is 1.00. The highest BCUT2D eigenvalue weighted by Crippen LogP contribution is 2.49. The van der Waals surface area contributed by atoms with E-state index in [0.29, 0.717) is 4.88 Å².